The first-order valence-electron chi connectivity index (χ1n) is 4.81. The van der Waals surface area contributed by atoms with Gasteiger partial charge in [0.2, 0.25) is 0 Å². The van der Waals surface area contributed by atoms with Crippen molar-refractivity contribution in [3.63, 3.8) is 0 Å². The van der Waals surface area contributed by atoms with E-state index in [0.29, 0.717) is 12.8 Å². The molecule has 1 aliphatic rings. The highest BCUT2D eigenvalue weighted by Gasteiger charge is 2.60. The standard InChI is InChI=1S/C10H16O6/c1-8(11,7-5-3-2-4-6-7)9(12,13)10(14,15)16/h2-3,5,11-16H,4,6H2,1H3/t8-/m1/s1. The molecule has 0 bridgehead atoms. The van der Waals surface area contributed by atoms with Gasteiger partial charge < -0.3 is 30.6 Å². The van der Waals surface area contributed by atoms with Gasteiger partial charge in [0, 0.05) is 0 Å². The van der Waals surface area contributed by atoms with Gasteiger partial charge in [-0.05, 0) is 25.3 Å². The van der Waals surface area contributed by atoms with Crippen molar-refractivity contribution in [3.8, 4) is 0 Å². The molecular formula is C10H16O6. The Bertz CT molecular complexity index is 321. The number of rotatable bonds is 3. The van der Waals surface area contributed by atoms with Gasteiger partial charge in [0.15, 0.2) is 0 Å². The summed E-state index contributed by atoms with van der Waals surface area (Å²) < 4.78 is 0. The molecule has 16 heavy (non-hydrogen) atoms. The predicted octanol–water partition coefficient (Wildman–Crippen LogP) is -1.67. The third-order valence-corrected chi connectivity index (χ3v) is 2.79. The maximum absolute atomic E-state index is 9.92. The van der Waals surface area contributed by atoms with E-state index in [0.717, 1.165) is 6.92 Å². The molecule has 0 saturated carbocycles. The summed E-state index contributed by atoms with van der Waals surface area (Å²) in [4.78, 5) is 0. The zero-order valence-electron chi connectivity index (χ0n) is 8.83. The van der Waals surface area contributed by atoms with E-state index in [1.165, 1.54) is 6.08 Å². The molecular weight excluding hydrogens is 216 g/mol. The third-order valence-electron chi connectivity index (χ3n) is 2.79. The van der Waals surface area contributed by atoms with Crippen LogP contribution in [-0.2, 0) is 0 Å². The van der Waals surface area contributed by atoms with Crippen LogP contribution in [0.15, 0.2) is 23.8 Å². The topological polar surface area (TPSA) is 121 Å². The molecule has 0 heterocycles. The monoisotopic (exact) mass is 232 g/mol. The van der Waals surface area contributed by atoms with Gasteiger partial charge in [0.1, 0.15) is 5.60 Å². The van der Waals surface area contributed by atoms with Gasteiger partial charge in [-0.25, -0.2) is 0 Å². The smallest absolute Gasteiger partial charge is 0.336 e. The second kappa shape index (κ2) is 3.92. The molecule has 0 aliphatic heterocycles. The van der Waals surface area contributed by atoms with Crippen LogP contribution < -0.4 is 0 Å². The van der Waals surface area contributed by atoms with Crippen molar-refractivity contribution >= 4 is 0 Å². The van der Waals surface area contributed by atoms with Gasteiger partial charge in [-0.3, -0.25) is 0 Å². The Hall–Kier alpha value is -0.760. The molecule has 0 fully saturated rings. The van der Waals surface area contributed by atoms with Crippen molar-refractivity contribution in [1.29, 1.82) is 0 Å². The minimum absolute atomic E-state index is 0.182. The van der Waals surface area contributed by atoms with Gasteiger partial charge in [-0.2, -0.15) is 0 Å². The Morgan fingerprint density at radius 2 is 1.62 bits per heavy atom. The molecule has 6 nitrogen and oxygen atoms in total. The summed E-state index contributed by atoms with van der Waals surface area (Å²) >= 11 is 0. The maximum atomic E-state index is 9.92. The second-order valence-corrected chi connectivity index (χ2v) is 4.04. The molecule has 1 rings (SSSR count). The van der Waals surface area contributed by atoms with Crippen molar-refractivity contribution in [2.24, 2.45) is 0 Å². The van der Waals surface area contributed by atoms with E-state index in [2.05, 4.69) is 0 Å². The van der Waals surface area contributed by atoms with E-state index in [4.69, 9.17) is 15.3 Å². The van der Waals surface area contributed by atoms with Crippen LogP contribution in [0.2, 0.25) is 0 Å². The second-order valence-electron chi connectivity index (χ2n) is 4.04. The van der Waals surface area contributed by atoms with E-state index in [1.807, 2.05) is 0 Å². The molecule has 92 valence electrons. The van der Waals surface area contributed by atoms with Gasteiger partial charge in [-0.1, -0.05) is 18.2 Å². The summed E-state index contributed by atoms with van der Waals surface area (Å²) in [6.07, 6.45) is 5.73. The van der Waals surface area contributed by atoms with Crippen molar-refractivity contribution in [2.45, 2.75) is 37.1 Å². The summed E-state index contributed by atoms with van der Waals surface area (Å²) in [5.74, 6) is -7.31. The molecule has 0 unspecified atom stereocenters. The highest BCUT2D eigenvalue weighted by Crippen LogP contribution is 2.36. The lowest BCUT2D eigenvalue weighted by molar-refractivity contribution is -0.474. The lowest BCUT2D eigenvalue weighted by Gasteiger charge is -2.42. The fraction of sp³-hybridized carbons (Fsp3) is 0.600. The summed E-state index contributed by atoms with van der Waals surface area (Å²) in [6.45, 7) is 0.982. The number of hydrogen-bond donors (Lipinski definition) is 6. The van der Waals surface area contributed by atoms with Crippen LogP contribution in [0.1, 0.15) is 19.8 Å². The van der Waals surface area contributed by atoms with Crippen LogP contribution in [0, 0.1) is 0 Å². The molecule has 0 spiro atoms. The molecule has 0 amide bonds. The number of hydrogen-bond acceptors (Lipinski definition) is 6. The lowest BCUT2D eigenvalue weighted by atomic mass is 9.81. The van der Waals surface area contributed by atoms with Crippen LogP contribution in [0.3, 0.4) is 0 Å². The largest absolute Gasteiger partial charge is 0.380 e. The maximum Gasteiger partial charge on any atom is 0.336 e. The van der Waals surface area contributed by atoms with E-state index in [9.17, 15) is 15.3 Å². The molecule has 1 aliphatic carbocycles. The molecule has 0 aromatic rings. The van der Waals surface area contributed by atoms with Crippen molar-refractivity contribution in [1.82, 2.24) is 0 Å². The Morgan fingerprint density at radius 3 is 2.00 bits per heavy atom. The Balaban J connectivity index is 3.10. The van der Waals surface area contributed by atoms with Gasteiger partial charge >= 0.3 is 5.97 Å². The van der Waals surface area contributed by atoms with Crippen LogP contribution in [0.5, 0.6) is 0 Å². The number of aliphatic hydroxyl groups is 6. The average Bonchev–Trinajstić information content (AvgIpc) is 2.17. The Morgan fingerprint density at radius 1 is 1.06 bits per heavy atom. The highest BCUT2D eigenvalue weighted by atomic mass is 16.7. The van der Waals surface area contributed by atoms with Crippen LogP contribution in [-0.4, -0.2) is 48.0 Å². The predicted molar refractivity (Wildman–Crippen MR) is 53.6 cm³/mol. The van der Waals surface area contributed by atoms with Crippen molar-refractivity contribution in [3.05, 3.63) is 23.8 Å². The SMILES string of the molecule is C[C@@](O)(C1=CC=CCC1)C(O)(O)C(O)(O)O. The summed E-state index contributed by atoms with van der Waals surface area (Å²) in [7, 11) is 0. The van der Waals surface area contributed by atoms with Crippen LogP contribution >= 0.6 is 0 Å². The first-order chi connectivity index (χ1) is 7.11. The van der Waals surface area contributed by atoms with E-state index >= 15 is 0 Å². The minimum atomic E-state index is -3.82. The molecule has 1 atom stereocenters. The zero-order valence-corrected chi connectivity index (χ0v) is 8.83. The third kappa shape index (κ3) is 2.03. The zero-order chi connectivity index (χ0) is 12.6. The molecule has 0 saturated heterocycles. The summed E-state index contributed by atoms with van der Waals surface area (Å²) in [5.41, 5.74) is -2.20. The summed E-state index contributed by atoms with van der Waals surface area (Å²) in [5, 5.41) is 55.2. The molecule has 6 heteroatoms. The fourth-order valence-electron chi connectivity index (χ4n) is 1.56. The Kier molecular flexibility index (Phi) is 3.26. The van der Waals surface area contributed by atoms with E-state index in [-0.39, 0.29) is 5.57 Å². The van der Waals surface area contributed by atoms with Crippen LogP contribution in [0.4, 0.5) is 0 Å². The molecule has 0 aromatic heterocycles. The van der Waals surface area contributed by atoms with Gasteiger partial charge in [-0.15, -0.1) is 0 Å². The minimum Gasteiger partial charge on any atom is -0.380 e. The van der Waals surface area contributed by atoms with E-state index < -0.39 is 17.4 Å². The van der Waals surface area contributed by atoms with Gasteiger partial charge in [0.25, 0.3) is 5.79 Å². The first kappa shape index (κ1) is 13.3. The highest BCUT2D eigenvalue weighted by molar-refractivity contribution is 5.28. The number of allylic oxidation sites excluding steroid dienone is 3. The fourth-order valence-corrected chi connectivity index (χ4v) is 1.56. The lowest BCUT2D eigenvalue weighted by Crippen LogP contribution is -2.67. The average molecular weight is 232 g/mol. The Labute approximate surface area is 92.4 Å². The molecule has 0 aromatic carbocycles. The molecule has 0 radical (unpaired) electrons. The first-order valence-corrected chi connectivity index (χ1v) is 4.81. The van der Waals surface area contributed by atoms with Crippen LogP contribution in [0.25, 0.3) is 0 Å². The van der Waals surface area contributed by atoms with E-state index in [1.54, 1.807) is 12.2 Å². The molecule has 6 N–H and O–H groups in total. The summed E-state index contributed by atoms with van der Waals surface area (Å²) in [6, 6.07) is 0. The van der Waals surface area contributed by atoms with Crippen molar-refractivity contribution < 1.29 is 30.6 Å². The normalized spacial score (nSPS) is 21.6. The van der Waals surface area contributed by atoms with Gasteiger partial charge in [0.05, 0.1) is 0 Å². The van der Waals surface area contributed by atoms with Crippen molar-refractivity contribution in [2.75, 3.05) is 0 Å². The quantitative estimate of drug-likeness (QED) is 0.323.